The lowest BCUT2D eigenvalue weighted by atomic mass is 9.87. The van der Waals surface area contributed by atoms with E-state index in [1.807, 2.05) is 6.08 Å². The Morgan fingerprint density at radius 2 is 1.57 bits per heavy atom. The molecule has 0 rings (SSSR count). The molecular weight excluding hydrogens is 172 g/mol. The summed E-state index contributed by atoms with van der Waals surface area (Å²) in [7, 11) is 0. The highest BCUT2D eigenvalue weighted by molar-refractivity contribution is 6.02. The summed E-state index contributed by atoms with van der Waals surface area (Å²) in [6.45, 7) is 12.7. The van der Waals surface area contributed by atoms with Gasteiger partial charge >= 0.3 is 0 Å². The Bertz CT molecular complexity index is 246. The van der Waals surface area contributed by atoms with E-state index < -0.39 is 0 Å². The Morgan fingerprint density at radius 1 is 1.07 bits per heavy atom. The van der Waals surface area contributed by atoms with Crippen molar-refractivity contribution in [3.05, 3.63) is 12.2 Å². The van der Waals surface area contributed by atoms with Crippen LogP contribution >= 0.6 is 0 Å². The molecular formula is C12H22N2. The minimum atomic E-state index is -0.000694. The second-order valence-corrected chi connectivity index (χ2v) is 5.59. The lowest BCUT2D eigenvalue weighted by Gasteiger charge is -2.19. The van der Waals surface area contributed by atoms with Gasteiger partial charge in [-0.25, -0.2) is 4.99 Å². The van der Waals surface area contributed by atoms with E-state index in [2.05, 4.69) is 52.6 Å². The van der Waals surface area contributed by atoms with Gasteiger partial charge < -0.3 is 0 Å². The zero-order valence-corrected chi connectivity index (χ0v) is 10.2. The van der Waals surface area contributed by atoms with Crippen molar-refractivity contribution in [2.75, 3.05) is 0 Å². The summed E-state index contributed by atoms with van der Waals surface area (Å²) < 4.78 is 0. The molecule has 2 nitrogen and oxygen atoms in total. The summed E-state index contributed by atoms with van der Waals surface area (Å²) in [6.07, 6.45) is 5.25. The predicted octanol–water partition coefficient (Wildman–Crippen LogP) is 3.68. The van der Waals surface area contributed by atoms with Crippen LogP contribution in [0.5, 0.6) is 0 Å². The molecule has 0 aliphatic rings. The first kappa shape index (κ1) is 13.1. The van der Waals surface area contributed by atoms with Gasteiger partial charge in [-0.1, -0.05) is 47.6 Å². The van der Waals surface area contributed by atoms with Crippen molar-refractivity contribution in [1.29, 1.82) is 5.41 Å². The minimum absolute atomic E-state index is 0.000694. The van der Waals surface area contributed by atoms with E-state index in [-0.39, 0.29) is 10.8 Å². The van der Waals surface area contributed by atoms with Gasteiger partial charge in [-0.2, -0.15) is 0 Å². The Balaban J connectivity index is 4.83. The fourth-order valence-corrected chi connectivity index (χ4v) is 0.885. The van der Waals surface area contributed by atoms with Gasteiger partial charge in [-0.3, -0.25) is 5.41 Å². The van der Waals surface area contributed by atoms with E-state index >= 15 is 0 Å². The van der Waals surface area contributed by atoms with E-state index in [0.29, 0.717) is 0 Å². The highest BCUT2D eigenvalue weighted by Crippen LogP contribution is 2.20. The van der Waals surface area contributed by atoms with Crippen LogP contribution in [0.15, 0.2) is 17.1 Å². The summed E-state index contributed by atoms with van der Waals surface area (Å²) in [5.74, 6) is 0. The third-order valence-corrected chi connectivity index (χ3v) is 1.71. The quantitative estimate of drug-likeness (QED) is 0.514. The van der Waals surface area contributed by atoms with Crippen LogP contribution in [-0.2, 0) is 0 Å². The molecule has 80 valence electrons. The molecule has 0 aliphatic heterocycles. The number of allylic oxidation sites excluding steroid dienone is 2. The Labute approximate surface area is 87.6 Å². The van der Waals surface area contributed by atoms with Crippen molar-refractivity contribution in [3.8, 4) is 0 Å². The molecule has 0 bridgehead atoms. The van der Waals surface area contributed by atoms with Gasteiger partial charge in [-0.05, 0) is 11.5 Å². The molecule has 0 spiro atoms. The lowest BCUT2D eigenvalue weighted by Crippen LogP contribution is -2.19. The Morgan fingerprint density at radius 3 is 1.86 bits per heavy atom. The maximum absolute atomic E-state index is 7.00. The molecule has 14 heavy (non-hydrogen) atoms. The van der Waals surface area contributed by atoms with Gasteiger partial charge in [0.1, 0.15) is 6.34 Å². The predicted molar refractivity (Wildman–Crippen MR) is 64.3 cm³/mol. The van der Waals surface area contributed by atoms with Crippen LogP contribution in [0, 0.1) is 16.2 Å². The second kappa shape index (κ2) is 4.54. The SMILES string of the molecule is CC(C)(C)/C=C\C(=NC=N)C(C)(C)C. The summed E-state index contributed by atoms with van der Waals surface area (Å²) >= 11 is 0. The van der Waals surface area contributed by atoms with Crippen molar-refractivity contribution in [2.45, 2.75) is 41.5 Å². The zero-order valence-electron chi connectivity index (χ0n) is 10.2. The third-order valence-electron chi connectivity index (χ3n) is 1.71. The van der Waals surface area contributed by atoms with E-state index in [9.17, 15) is 0 Å². The molecule has 0 fully saturated rings. The number of nitrogens with zero attached hydrogens (tertiary/aromatic N) is 1. The Hall–Kier alpha value is -0.920. The zero-order chi connectivity index (χ0) is 11.4. The average molecular weight is 194 g/mol. The van der Waals surface area contributed by atoms with Crippen LogP contribution in [0.25, 0.3) is 0 Å². The molecule has 0 radical (unpaired) electrons. The molecule has 0 aromatic rings. The molecule has 0 heterocycles. The van der Waals surface area contributed by atoms with Crippen LogP contribution in [-0.4, -0.2) is 12.1 Å². The van der Waals surface area contributed by atoms with Crippen LogP contribution in [0.4, 0.5) is 0 Å². The molecule has 0 amide bonds. The highest BCUT2D eigenvalue weighted by Gasteiger charge is 2.16. The highest BCUT2D eigenvalue weighted by atomic mass is 14.8. The number of rotatable bonds is 2. The van der Waals surface area contributed by atoms with Crippen molar-refractivity contribution >= 4 is 12.1 Å². The Kier molecular flexibility index (Phi) is 4.24. The van der Waals surface area contributed by atoms with Crippen molar-refractivity contribution in [2.24, 2.45) is 15.8 Å². The van der Waals surface area contributed by atoms with Crippen LogP contribution in [0.3, 0.4) is 0 Å². The number of hydrogen-bond acceptors (Lipinski definition) is 1. The first-order valence-electron chi connectivity index (χ1n) is 4.93. The first-order valence-corrected chi connectivity index (χ1v) is 4.93. The smallest absolute Gasteiger partial charge is 0.107 e. The molecule has 0 aromatic carbocycles. The van der Waals surface area contributed by atoms with Crippen LogP contribution < -0.4 is 0 Å². The van der Waals surface area contributed by atoms with Gasteiger partial charge in [0.15, 0.2) is 0 Å². The minimum Gasteiger partial charge on any atom is -0.290 e. The monoisotopic (exact) mass is 194 g/mol. The van der Waals surface area contributed by atoms with Gasteiger partial charge in [0, 0.05) is 11.1 Å². The molecule has 0 atom stereocenters. The van der Waals surface area contributed by atoms with E-state index in [1.54, 1.807) is 0 Å². The maximum atomic E-state index is 7.00. The molecule has 0 aromatic heterocycles. The van der Waals surface area contributed by atoms with Crippen molar-refractivity contribution in [3.63, 3.8) is 0 Å². The number of hydrogen-bond donors (Lipinski definition) is 1. The average Bonchev–Trinajstić information content (AvgIpc) is 1.93. The molecule has 0 aliphatic carbocycles. The van der Waals surface area contributed by atoms with Crippen LogP contribution in [0.1, 0.15) is 41.5 Å². The maximum Gasteiger partial charge on any atom is 0.107 e. The fourth-order valence-electron chi connectivity index (χ4n) is 0.885. The molecule has 1 N–H and O–H groups in total. The van der Waals surface area contributed by atoms with E-state index in [1.165, 1.54) is 0 Å². The second-order valence-electron chi connectivity index (χ2n) is 5.59. The van der Waals surface area contributed by atoms with E-state index in [4.69, 9.17) is 5.41 Å². The van der Waals surface area contributed by atoms with Gasteiger partial charge in [0.05, 0.1) is 0 Å². The normalized spacial score (nSPS) is 14.9. The standard InChI is InChI=1S/C12H22N2/c1-11(2,3)8-7-10(14-9-13)12(4,5)6/h7-9,13H,1-6H3/b8-7-,13-9?,14-10?. The molecule has 0 saturated heterocycles. The van der Waals surface area contributed by atoms with Gasteiger partial charge in [0.25, 0.3) is 0 Å². The summed E-state index contributed by atoms with van der Waals surface area (Å²) in [4.78, 5) is 4.07. The first-order chi connectivity index (χ1) is 6.17. The van der Waals surface area contributed by atoms with E-state index in [0.717, 1.165) is 12.1 Å². The van der Waals surface area contributed by atoms with Crippen molar-refractivity contribution in [1.82, 2.24) is 0 Å². The number of aliphatic imine (C=N–C) groups is 1. The largest absolute Gasteiger partial charge is 0.290 e. The third kappa shape index (κ3) is 5.68. The topological polar surface area (TPSA) is 36.2 Å². The fraction of sp³-hybridized carbons (Fsp3) is 0.667. The molecule has 0 saturated carbocycles. The summed E-state index contributed by atoms with van der Waals surface area (Å²) in [5.41, 5.74) is 1.11. The van der Waals surface area contributed by atoms with Crippen molar-refractivity contribution < 1.29 is 0 Å². The van der Waals surface area contributed by atoms with Gasteiger partial charge in [-0.15, -0.1) is 0 Å². The van der Waals surface area contributed by atoms with Gasteiger partial charge in [0.2, 0.25) is 0 Å². The lowest BCUT2D eigenvalue weighted by molar-refractivity contribution is 0.542. The summed E-state index contributed by atoms with van der Waals surface area (Å²) in [5, 5.41) is 7.00. The summed E-state index contributed by atoms with van der Waals surface area (Å²) in [6, 6.07) is 0. The number of nitrogens with one attached hydrogen (secondary N) is 1. The molecule has 2 heteroatoms. The molecule has 0 unspecified atom stereocenters. The van der Waals surface area contributed by atoms with Crippen LogP contribution in [0.2, 0.25) is 0 Å².